The van der Waals surface area contributed by atoms with E-state index in [1.165, 1.54) is 0 Å². The van der Waals surface area contributed by atoms with Crippen molar-refractivity contribution in [3.63, 3.8) is 0 Å². The lowest BCUT2D eigenvalue weighted by Gasteiger charge is -2.10. The van der Waals surface area contributed by atoms with Crippen molar-refractivity contribution in [2.45, 2.75) is 20.0 Å². The molecule has 17 heavy (non-hydrogen) atoms. The molecule has 0 aliphatic carbocycles. The van der Waals surface area contributed by atoms with Gasteiger partial charge in [0.15, 0.2) is 0 Å². The van der Waals surface area contributed by atoms with E-state index in [4.69, 9.17) is 4.74 Å². The fourth-order valence-electron chi connectivity index (χ4n) is 1.58. The number of fused-ring (bicyclic) bond motifs is 1. The summed E-state index contributed by atoms with van der Waals surface area (Å²) in [5.74, 6) is 0. The second-order valence-corrected chi connectivity index (χ2v) is 4.79. The number of amides is 1. The Labute approximate surface area is 107 Å². The SMILES string of the molecule is CC(C)OC(=O)Nc1ccc(Br)c2[nH]ccc12. The number of benzene rings is 1. The first-order valence-corrected chi connectivity index (χ1v) is 6.10. The summed E-state index contributed by atoms with van der Waals surface area (Å²) in [5, 5.41) is 3.67. The van der Waals surface area contributed by atoms with E-state index in [0.29, 0.717) is 0 Å². The van der Waals surface area contributed by atoms with Crippen molar-refractivity contribution >= 4 is 38.6 Å². The molecule has 0 aliphatic heterocycles. The number of nitrogens with one attached hydrogen (secondary N) is 2. The fraction of sp³-hybridized carbons (Fsp3) is 0.250. The fourth-order valence-corrected chi connectivity index (χ4v) is 2.04. The third kappa shape index (κ3) is 2.61. The van der Waals surface area contributed by atoms with Gasteiger partial charge in [-0.15, -0.1) is 0 Å². The Morgan fingerprint density at radius 3 is 2.88 bits per heavy atom. The summed E-state index contributed by atoms with van der Waals surface area (Å²) in [6, 6.07) is 5.62. The van der Waals surface area contributed by atoms with Gasteiger partial charge in [0.25, 0.3) is 0 Å². The molecule has 0 saturated heterocycles. The quantitative estimate of drug-likeness (QED) is 0.883. The van der Waals surface area contributed by atoms with Crippen LogP contribution >= 0.6 is 15.9 Å². The zero-order chi connectivity index (χ0) is 12.4. The van der Waals surface area contributed by atoms with Crippen molar-refractivity contribution in [3.8, 4) is 0 Å². The Morgan fingerprint density at radius 2 is 2.18 bits per heavy atom. The smallest absolute Gasteiger partial charge is 0.411 e. The number of aromatic nitrogens is 1. The molecule has 0 spiro atoms. The van der Waals surface area contributed by atoms with E-state index >= 15 is 0 Å². The molecule has 0 atom stereocenters. The predicted molar refractivity (Wildman–Crippen MR) is 71.2 cm³/mol. The molecule has 1 aromatic heterocycles. The van der Waals surface area contributed by atoms with E-state index in [9.17, 15) is 4.79 Å². The van der Waals surface area contributed by atoms with E-state index in [1.54, 1.807) is 0 Å². The van der Waals surface area contributed by atoms with Gasteiger partial charge in [0.05, 0.1) is 17.3 Å². The van der Waals surface area contributed by atoms with E-state index in [1.807, 2.05) is 38.2 Å². The lowest BCUT2D eigenvalue weighted by Crippen LogP contribution is -2.18. The van der Waals surface area contributed by atoms with Crippen LogP contribution in [0.1, 0.15) is 13.8 Å². The first-order chi connectivity index (χ1) is 8.08. The van der Waals surface area contributed by atoms with E-state index in [0.717, 1.165) is 21.1 Å². The van der Waals surface area contributed by atoms with Crippen LogP contribution in [0, 0.1) is 0 Å². The van der Waals surface area contributed by atoms with Crippen molar-refractivity contribution in [1.82, 2.24) is 4.98 Å². The molecule has 0 radical (unpaired) electrons. The highest BCUT2D eigenvalue weighted by molar-refractivity contribution is 9.10. The third-order valence-corrected chi connectivity index (χ3v) is 2.91. The van der Waals surface area contributed by atoms with E-state index in [2.05, 4.69) is 26.2 Å². The Kier molecular flexibility index (Phi) is 3.38. The van der Waals surface area contributed by atoms with Gasteiger partial charge in [-0.3, -0.25) is 5.32 Å². The Morgan fingerprint density at radius 1 is 1.41 bits per heavy atom. The molecule has 1 aromatic carbocycles. The second-order valence-electron chi connectivity index (χ2n) is 3.94. The van der Waals surface area contributed by atoms with Gasteiger partial charge in [-0.2, -0.15) is 0 Å². The molecule has 1 heterocycles. The van der Waals surface area contributed by atoms with Gasteiger partial charge in [-0.1, -0.05) is 0 Å². The highest BCUT2D eigenvalue weighted by Gasteiger charge is 2.10. The molecule has 5 heteroatoms. The summed E-state index contributed by atoms with van der Waals surface area (Å²) in [6.07, 6.45) is 1.26. The van der Waals surface area contributed by atoms with Crippen LogP contribution in [-0.4, -0.2) is 17.2 Å². The van der Waals surface area contributed by atoms with Gasteiger partial charge in [0.1, 0.15) is 0 Å². The van der Waals surface area contributed by atoms with Crippen LogP contribution in [0.5, 0.6) is 0 Å². The van der Waals surface area contributed by atoms with Gasteiger partial charge in [-0.25, -0.2) is 4.79 Å². The molecule has 2 rings (SSSR count). The molecule has 0 aliphatic rings. The van der Waals surface area contributed by atoms with Crippen LogP contribution in [0.2, 0.25) is 0 Å². The molecule has 0 saturated carbocycles. The van der Waals surface area contributed by atoms with Crippen molar-refractivity contribution in [3.05, 3.63) is 28.9 Å². The molecule has 4 nitrogen and oxygen atoms in total. The molecule has 2 N–H and O–H groups in total. The first kappa shape index (κ1) is 12.0. The van der Waals surface area contributed by atoms with Gasteiger partial charge in [0, 0.05) is 16.1 Å². The number of carbonyl (C=O) groups is 1. The lowest BCUT2D eigenvalue weighted by atomic mass is 10.2. The summed E-state index contributed by atoms with van der Waals surface area (Å²) in [5.41, 5.74) is 1.68. The third-order valence-electron chi connectivity index (χ3n) is 2.25. The predicted octanol–water partition coefficient (Wildman–Crippen LogP) is 3.89. The highest BCUT2D eigenvalue weighted by atomic mass is 79.9. The summed E-state index contributed by atoms with van der Waals surface area (Å²) < 4.78 is 6.00. The number of hydrogen-bond donors (Lipinski definition) is 2. The van der Waals surface area contributed by atoms with Crippen molar-refractivity contribution in [2.75, 3.05) is 5.32 Å². The van der Waals surface area contributed by atoms with Gasteiger partial charge in [0.2, 0.25) is 0 Å². The molecular weight excluding hydrogens is 284 g/mol. The minimum absolute atomic E-state index is 0.132. The lowest BCUT2D eigenvalue weighted by molar-refractivity contribution is 0.130. The number of carbonyl (C=O) groups excluding carboxylic acids is 1. The second kappa shape index (κ2) is 4.79. The van der Waals surface area contributed by atoms with Crippen LogP contribution in [0.15, 0.2) is 28.9 Å². The number of hydrogen-bond acceptors (Lipinski definition) is 2. The van der Waals surface area contributed by atoms with E-state index in [-0.39, 0.29) is 6.10 Å². The zero-order valence-electron chi connectivity index (χ0n) is 9.58. The Hall–Kier alpha value is -1.49. The topological polar surface area (TPSA) is 54.1 Å². The minimum Gasteiger partial charge on any atom is -0.447 e. The largest absolute Gasteiger partial charge is 0.447 e. The maximum absolute atomic E-state index is 11.5. The average molecular weight is 297 g/mol. The minimum atomic E-state index is -0.440. The zero-order valence-corrected chi connectivity index (χ0v) is 11.2. The number of H-pyrrole nitrogens is 1. The number of anilines is 1. The number of rotatable bonds is 2. The molecule has 0 unspecified atom stereocenters. The first-order valence-electron chi connectivity index (χ1n) is 5.31. The normalized spacial score (nSPS) is 10.8. The van der Waals surface area contributed by atoms with Crippen LogP contribution in [0.3, 0.4) is 0 Å². The molecule has 90 valence electrons. The number of halogens is 1. The monoisotopic (exact) mass is 296 g/mol. The van der Waals surface area contributed by atoms with Gasteiger partial charge < -0.3 is 9.72 Å². The molecule has 0 bridgehead atoms. The van der Waals surface area contributed by atoms with Crippen molar-refractivity contribution in [1.29, 1.82) is 0 Å². The van der Waals surface area contributed by atoms with Crippen molar-refractivity contribution in [2.24, 2.45) is 0 Å². The summed E-state index contributed by atoms with van der Waals surface area (Å²) in [7, 11) is 0. The van der Waals surface area contributed by atoms with Crippen molar-refractivity contribution < 1.29 is 9.53 Å². The van der Waals surface area contributed by atoms with Gasteiger partial charge >= 0.3 is 6.09 Å². The summed E-state index contributed by atoms with van der Waals surface area (Å²) in [4.78, 5) is 14.6. The Bertz CT molecular complexity index is 548. The molecule has 1 amide bonds. The maximum atomic E-state index is 11.5. The van der Waals surface area contributed by atoms with E-state index < -0.39 is 6.09 Å². The molecule has 0 fully saturated rings. The average Bonchev–Trinajstić information content (AvgIpc) is 2.70. The maximum Gasteiger partial charge on any atom is 0.411 e. The number of aromatic amines is 1. The molecule has 2 aromatic rings. The van der Waals surface area contributed by atoms with Crippen LogP contribution < -0.4 is 5.32 Å². The highest BCUT2D eigenvalue weighted by Crippen LogP contribution is 2.29. The molecular formula is C12H13BrN2O2. The number of ether oxygens (including phenoxy) is 1. The Balaban J connectivity index is 2.27. The standard InChI is InChI=1S/C12H13BrN2O2/c1-7(2)17-12(16)15-10-4-3-9(13)11-8(10)5-6-14-11/h3-7,14H,1-2H3,(H,15,16). The summed E-state index contributed by atoms with van der Waals surface area (Å²) in [6.45, 7) is 3.63. The van der Waals surface area contributed by atoms with Crippen LogP contribution in [0.25, 0.3) is 10.9 Å². The van der Waals surface area contributed by atoms with Crippen LogP contribution in [0.4, 0.5) is 10.5 Å². The summed E-state index contributed by atoms with van der Waals surface area (Å²) >= 11 is 3.44. The van der Waals surface area contributed by atoms with Crippen LogP contribution in [-0.2, 0) is 4.74 Å². The van der Waals surface area contributed by atoms with Gasteiger partial charge in [-0.05, 0) is 48.0 Å².